The van der Waals surface area contributed by atoms with Crippen LogP contribution in [-0.4, -0.2) is 48.3 Å². The summed E-state index contributed by atoms with van der Waals surface area (Å²) in [5.74, 6) is -1.84. The van der Waals surface area contributed by atoms with Crippen LogP contribution in [0.2, 0.25) is 0 Å². The van der Waals surface area contributed by atoms with Gasteiger partial charge < -0.3 is 18.6 Å². The zero-order valence-electron chi connectivity index (χ0n) is 15.2. The first kappa shape index (κ1) is 19.0. The van der Waals surface area contributed by atoms with Gasteiger partial charge >= 0.3 is 12.1 Å². The molecule has 0 aromatic carbocycles. The van der Waals surface area contributed by atoms with Gasteiger partial charge in [-0.1, -0.05) is 0 Å². The van der Waals surface area contributed by atoms with Crippen molar-refractivity contribution >= 4 is 5.97 Å². The lowest BCUT2D eigenvalue weighted by atomic mass is 9.93. The number of aryl methyl sites for hydroxylation is 2. The SMILES string of the molecule is CCOC(=O)c1oc2c(c1C(F)(F)F)-c1nn(C[C@@H]3COCCO3)cc1CC2. The summed E-state index contributed by atoms with van der Waals surface area (Å²) in [5, 5.41) is 4.35. The van der Waals surface area contributed by atoms with E-state index in [2.05, 4.69) is 5.10 Å². The third-order valence-electron chi connectivity index (χ3n) is 4.70. The highest BCUT2D eigenvalue weighted by molar-refractivity contribution is 5.92. The molecule has 1 aliphatic heterocycles. The number of furan rings is 1. The van der Waals surface area contributed by atoms with Gasteiger partial charge in [-0.15, -0.1) is 0 Å². The Kier molecular flexibility index (Phi) is 4.92. The van der Waals surface area contributed by atoms with E-state index in [0.29, 0.717) is 38.3 Å². The predicted molar refractivity (Wildman–Crippen MR) is 88.9 cm³/mol. The minimum absolute atomic E-state index is 0.0508. The van der Waals surface area contributed by atoms with Crippen LogP contribution >= 0.6 is 0 Å². The molecule has 1 atom stereocenters. The number of hydrogen-bond acceptors (Lipinski definition) is 6. The molecule has 0 unspecified atom stereocenters. The molecule has 3 heterocycles. The molecule has 0 amide bonds. The Labute approximate surface area is 158 Å². The molecule has 1 aliphatic carbocycles. The molecule has 28 heavy (non-hydrogen) atoms. The number of fused-ring (bicyclic) bond motifs is 3. The van der Waals surface area contributed by atoms with Crippen LogP contribution < -0.4 is 0 Å². The first-order valence-electron chi connectivity index (χ1n) is 9.04. The van der Waals surface area contributed by atoms with Crippen molar-refractivity contribution in [2.75, 3.05) is 26.4 Å². The molecule has 4 rings (SSSR count). The summed E-state index contributed by atoms with van der Waals surface area (Å²) in [6.45, 7) is 3.24. The molecule has 1 fully saturated rings. The van der Waals surface area contributed by atoms with E-state index in [1.165, 1.54) is 6.92 Å². The number of ether oxygens (including phenoxy) is 3. The number of nitrogens with zero attached hydrogens (tertiary/aromatic N) is 2. The molecular formula is C18H19F3N2O5. The fourth-order valence-corrected chi connectivity index (χ4v) is 3.56. The van der Waals surface area contributed by atoms with Crippen molar-refractivity contribution in [1.82, 2.24) is 9.78 Å². The van der Waals surface area contributed by atoms with E-state index in [1.807, 2.05) is 0 Å². The zero-order valence-corrected chi connectivity index (χ0v) is 15.2. The highest BCUT2D eigenvalue weighted by Gasteiger charge is 2.45. The number of esters is 1. The van der Waals surface area contributed by atoms with Crippen LogP contribution in [-0.2, 0) is 39.8 Å². The van der Waals surface area contributed by atoms with Crippen LogP contribution in [0.3, 0.4) is 0 Å². The van der Waals surface area contributed by atoms with Gasteiger partial charge in [-0.25, -0.2) is 4.79 Å². The Morgan fingerprint density at radius 3 is 2.86 bits per heavy atom. The van der Waals surface area contributed by atoms with Crippen LogP contribution in [0.25, 0.3) is 11.3 Å². The fraction of sp³-hybridized carbons (Fsp3) is 0.556. The zero-order chi connectivity index (χ0) is 19.9. The number of carbonyl (C=O) groups excluding carboxylic acids is 1. The molecular weight excluding hydrogens is 381 g/mol. The van der Waals surface area contributed by atoms with E-state index in [4.69, 9.17) is 18.6 Å². The Morgan fingerprint density at radius 2 is 2.18 bits per heavy atom. The van der Waals surface area contributed by atoms with Crippen LogP contribution in [0.1, 0.15) is 34.4 Å². The van der Waals surface area contributed by atoms with Gasteiger partial charge in [-0.05, 0) is 18.9 Å². The lowest BCUT2D eigenvalue weighted by Gasteiger charge is -2.22. The van der Waals surface area contributed by atoms with Gasteiger partial charge in [0.15, 0.2) is 0 Å². The lowest BCUT2D eigenvalue weighted by Crippen LogP contribution is -2.32. The molecule has 1 saturated heterocycles. The summed E-state index contributed by atoms with van der Waals surface area (Å²) in [5.41, 5.74) is -0.434. The molecule has 0 spiro atoms. The molecule has 2 aromatic rings. The maximum atomic E-state index is 13.8. The summed E-state index contributed by atoms with van der Waals surface area (Å²) >= 11 is 0. The Morgan fingerprint density at radius 1 is 1.36 bits per heavy atom. The quantitative estimate of drug-likeness (QED) is 0.735. The smallest absolute Gasteiger partial charge is 0.421 e. The van der Waals surface area contributed by atoms with Gasteiger partial charge in [-0.3, -0.25) is 4.68 Å². The number of rotatable bonds is 4. The normalized spacial score (nSPS) is 19.2. The van der Waals surface area contributed by atoms with Crippen molar-refractivity contribution in [2.45, 2.75) is 38.6 Å². The number of alkyl halides is 3. The average Bonchev–Trinajstić information content (AvgIpc) is 3.22. The van der Waals surface area contributed by atoms with Crippen molar-refractivity contribution in [2.24, 2.45) is 0 Å². The standard InChI is InChI=1S/C18H19F3N2O5/c1-2-26-17(24)16-14(18(19,20)21)13-12(28-16)4-3-10-7-23(22-15(10)13)8-11-9-25-5-6-27-11/h7,11H,2-6,8-9H2,1H3/t11-/m1/s1. The van der Waals surface area contributed by atoms with E-state index < -0.39 is 23.5 Å². The van der Waals surface area contributed by atoms with Gasteiger partial charge in [0, 0.05) is 12.6 Å². The molecule has 7 nitrogen and oxygen atoms in total. The Bertz CT molecular complexity index is 881. The maximum Gasteiger partial charge on any atom is 0.421 e. The van der Waals surface area contributed by atoms with Crippen molar-refractivity contribution in [1.29, 1.82) is 0 Å². The summed E-state index contributed by atoms with van der Waals surface area (Å²) in [6.07, 6.45) is -2.56. The number of aromatic nitrogens is 2. The average molecular weight is 400 g/mol. The molecule has 0 bridgehead atoms. The van der Waals surface area contributed by atoms with Crippen molar-refractivity contribution in [3.8, 4) is 11.3 Å². The van der Waals surface area contributed by atoms with Gasteiger partial charge in [0.05, 0.1) is 44.2 Å². The van der Waals surface area contributed by atoms with E-state index in [0.717, 1.165) is 0 Å². The molecule has 0 saturated carbocycles. The third-order valence-corrected chi connectivity index (χ3v) is 4.70. The number of carbonyl (C=O) groups is 1. The van der Waals surface area contributed by atoms with Crippen molar-refractivity contribution in [3.63, 3.8) is 0 Å². The number of hydrogen-bond donors (Lipinski definition) is 0. The molecule has 2 aliphatic rings. The van der Waals surface area contributed by atoms with Crippen LogP contribution in [0, 0.1) is 0 Å². The largest absolute Gasteiger partial charge is 0.460 e. The first-order chi connectivity index (χ1) is 13.4. The third kappa shape index (κ3) is 3.42. The van der Waals surface area contributed by atoms with Gasteiger partial charge in [0.2, 0.25) is 5.76 Å². The topological polar surface area (TPSA) is 75.7 Å². The summed E-state index contributed by atoms with van der Waals surface area (Å²) < 4.78 is 64.0. The van der Waals surface area contributed by atoms with Crippen LogP contribution in [0.4, 0.5) is 13.2 Å². The first-order valence-corrected chi connectivity index (χ1v) is 9.04. The second kappa shape index (κ2) is 7.25. The van der Waals surface area contributed by atoms with Crippen molar-refractivity contribution in [3.05, 3.63) is 28.8 Å². The van der Waals surface area contributed by atoms with Crippen LogP contribution in [0.15, 0.2) is 10.6 Å². The Hall–Kier alpha value is -2.33. The molecule has 152 valence electrons. The minimum Gasteiger partial charge on any atom is -0.460 e. The molecule has 2 aromatic heterocycles. The van der Waals surface area contributed by atoms with E-state index in [1.54, 1.807) is 10.9 Å². The summed E-state index contributed by atoms with van der Waals surface area (Å²) in [4.78, 5) is 12.0. The fourth-order valence-electron chi connectivity index (χ4n) is 3.56. The van der Waals surface area contributed by atoms with E-state index in [-0.39, 0.29) is 36.1 Å². The molecule has 0 N–H and O–H groups in total. The van der Waals surface area contributed by atoms with E-state index in [9.17, 15) is 18.0 Å². The van der Waals surface area contributed by atoms with E-state index >= 15 is 0 Å². The predicted octanol–water partition coefficient (Wildman–Crippen LogP) is 2.85. The maximum absolute atomic E-state index is 13.8. The summed E-state index contributed by atoms with van der Waals surface area (Å²) in [6, 6.07) is 0. The highest BCUT2D eigenvalue weighted by atomic mass is 19.4. The van der Waals surface area contributed by atoms with Gasteiger partial charge in [0.1, 0.15) is 17.4 Å². The molecule has 10 heteroatoms. The lowest BCUT2D eigenvalue weighted by molar-refractivity contribution is -0.138. The van der Waals surface area contributed by atoms with Crippen LogP contribution in [0.5, 0.6) is 0 Å². The second-order valence-electron chi connectivity index (χ2n) is 6.62. The van der Waals surface area contributed by atoms with Gasteiger partial charge in [-0.2, -0.15) is 18.3 Å². The minimum atomic E-state index is -4.78. The second-order valence-corrected chi connectivity index (χ2v) is 6.62. The molecule has 0 radical (unpaired) electrons. The monoisotopic (exact) mass is 400 g/mol. The highest BCUT2D eigenvalue weighted by Crippen LogP contribution is 2.46. The number of halogens is 3. The van der Waals surface area contributed by atoms with Crippen molar-refractivity contribution < 1.29 is 36.6 Å². The van der Waals surface area contributed by atoms with Gasteiger partial charge in [0.25, 0.3) is 0 Å². The Balaban J connectivity index is 1.74. The summed E-state index contributed by atoms with van der Waals surface area (Å²) in [7, 11) is 0.